The number of hydrogen-bond acceptors (Lipinski definition) is 3. The molecule has 0 bridgehead atoms. The lowest BCUT2D eigenvalue weighted by Crippen LogP contribution is -2.33. The summed E-state index contributed by atoms with van der Waals surface area (Å²) in [7, 11) is 1.59. The van der Waals surface area contributed by atoms with Crippen LogP contribution >= 0.6 is 12.4 Å². The SMILES string of the molecule is COCCNCCNC(=O)c1cc(F)ccc1F.Cl. The van der Waals surface area contributed by atoms with E-state index in [1.807, 2.05) is 0 Å². The van der Waals surface area contributed by atoms with Crippen LogP contribution in [0, 0.1) is 11.6 Å². The smallest absolute Gasteiger partial charge is 0.254 e. The Morgan fingerprint density at radius 2 is 2.00 bits per heavy atom. The molecule has 0 saturated heterocycles. The van der Waals surface area contributed by atoms with Gasteiger partial charge in [-0.05, 0) is 18.2 Å². The van der Waals surface area contributed by atoms with Crippen LogP contribution in [0.5, 0.6) is 0 Å². The van der Waals surface area contributed by atoms with Crippen LogP contribution in [0.25, 0.3) is 0 Å². The van der Waals surface area contributed by atoms with Gasteiger partial charge < -0.3 is 15.4 Å². The Morgan fingerprint density at radius 3 is 2.68 bits per heavy atom. The standard InChI is InChI=1S/C12H16F2N2O2.ClH/c1-18-7-6-15-4-5-16-12(17)10-8-9(13)2-3-11(10)14;/h2-3,8,15H,4-7H2,1H3,(H,16,17);1H. The van der Waals surface area contributed by atoms with Crippen LogP contribution in [0.1, 0.15) is 10.4 Å². The third kappa shape index (κ3) is 6.47. The number of amides is 1. The first-order valence-corrected chi connectivity index (χ1v) is 5.58. The molecule has 0 saturated carbocycles. The number of carbonyl (C=O) groups excluding carboxylic acids is 1. The predicted octanol–water partition coefficient (Wildman–Crippen LogP) is 1.35. The maximum absolute atomic E-state index is 13.2. The van der Waals surface area contributed by atoms with Crippen LogP contribution < -0.4 is 10.6 Å². The Bertz CT molecular complexity index is 405. The topological polar surface area (TPSA) is 50.4 Å². The molecular weight excluding hydrogens is 278 g/mol. The minimum Gasteiger partial charge on any atom is -0.383 e. The summed E-state index contributed by atoms with van der Waals surface area (Å²) >= 11 is 0. The first kappa shape index (κ1) is 17.8. The molecule has 0 radical (unpaired) electrons. The van der Waals surface area contributed by atoms with Crippen molar-refractivity contribution in [2.45, 2.75) is 0 Å². The van der Waals surface area contributed by atoms with Gasteiger partial charge in [0.05, 0.1) is 12.2 Å². The molecule has 0 aromatic heterocycles. The summed E-state index contributed by atoms with van der Waals surface area (Å²) in [5, 5.41) is 5.51. The fourth-order valence-electron chi connectivity index (χ4n) is 1.33. The van der Waals surface area contributed by atoms with E-state index in [1.54, 1.807) is 7.11 Å². The highest BCUT2D eigenvalue weighted by atomic mass is 35.5. The van der Waals surface area contributed by atoms with Gasteiger partial charge in [-0.1, -0.05) is 0 Å². The predicted molar refractivity (Wildman–Crippen MR) is 70.7 cm³/mol. The summed E-state index contributed by atoms with van der Waals surface area (Å²) in [5.74, 6) is -2.00. The Hall–Kier alpha value is -1.24. The van der Waals surface area contributed by atoms with E-state index in [4.69, 9.17) is 4.74 Å². The van der Waals surface area contributed by atoms with Gasteiger partial charge in [-0.2, -0.15) is 0 Å². The zero-order valence-electron chi connectivity index (χ0n) is 10.5. The van der Waals surface area contributed by atoms with E-state index in [9.17, 15) is 13.6 Å². The lowest BCUT2D eigenvalue weighted by molar-refractivity contribution is 0.0949. The largest absolute Gasteiger partial charge is 0.383 e. The third-order valence-electron chi connectivity index (χ3n) is 2.24. The van der Waals surface area contributed by atoms with Gasteiger partial charge in [0, 0.05) is 26.7 Å². The van der Waals surface area contributed by atoms with Crippen LogP contribution in [0.15, 0.2) is 18.2 Å². The normalized spacial score (nSPS) is 9.84. The number of hydrogen-bond donors (Lipinski definition) is 2. The van der Waals surface area contributed by atoms with Crippen molar-refractivity contribution >= 4 is 18.3 Å². The molecular formula is C12H17ClF2N2O2. The van der Waals surface area contributed by atoms with E-state index < -0.39 is 17.5 Å². The summed E-state index contributed by atoms with van der Waals surface area (Å²) in [6, 6.07) is 2.78. The van der Waals surface area contributed by atoms with E-state index >= 15 is 0 Å². The highest BCUT2D eigenvalue weighted by Crippen LogP contribution is 2.09. The molecule has 1 aromatic rings. The van der Waals surface area contributed by atoms with Crippen molar-refractivity contribution in [1.29, 1.82) is 0 Å². The highest BCUT2D eigenvalue weighted by Gasteiger charge is 2.11. The third-order valence-corrected chi connectivity index (χ3v) is 2.24. The Labute approximate surface area is 116 Å². The zero-order valence-corrected chi connectivity index (χ0v) is 11.4. The minimum absolute atomic E-state index is 0. The van der Waals surface area contributed by atoms with Crippen LogP contribution in [-0.4, -0.2) is 39.3 Å². The minimum atomic E-state index is -0.735. The maximum atomic E-state index is 13.2. The molecule has 0 fully saturated rings. The van der Waals surface area contributed by atoms with Gasteiger partial charge in [0.15, 0.2) is 0 Å². The number of ether oxygens (including phenoxy) is 1. The van der Waals surface area contributed by atoms with Gasteiger partial charge in [-0.25, -0.2) is 8.78 Å². The first-order valence-electron chi connectivity index (χ1n) is 5.58. The van der Waals surface area contributed by atoms with Gasteiger partial charge in [0.2, 0.25) is 0 Å². The fourth-order valence-corrected chi connectivity index (χ4v) is 1.33. The summed E-state index contributed by atoms with van der Waals surface area (Å²) in [5.41, 5.74) is -0.285. The van der Waals surface area contributed by atoms with Crippen LogP contribution in [0.3, 0.4) is 0 Å². The molecule has 1 rings (SSSR count). The van der Waals surface area contributed by atoms with Gasteiger partial charge in [-0.3, -0.25) is 4.79 Å². The summed E-state index contributed by atoms with van der Waals surface area (Å²) in [6.45, 7) is 2.11. The molecule has 0 unspecified atom stereocenters. The van der Waals surface area contributed by atoms with Crippen LogP contribution in [0.4, 0.5) is 8.78 Å². The quantitative estimate of drug-likeness (QED) is 0.747. The Balaban J connectivity index is 0.00000324. The Morgan fingerprint density at radius 1 is 1.26 bits per heavy atom. The van der Waals surface area contributed by atoms with Crippen molar-refractivity contribution in [3.8, 4) is 0 Å². The van der Waals surface area contributed by atoms with Gasteiger partial charge in [0.25, 0.3) is 5.91 Å². The van der Waals surface area contributed by atoms with E-state index in [0.717, 1.165) is 18.2 Å². The van der Waals surface area contributed by atoms with Gasteiger partial charge in [-0.15, -0.1) is 12.4 Å². The molecule has 2 N–H and O–H groups in total. The second-order valence-electron chi connectivity index (χ2n) is 3.62. The average molecular weight is 295 g/mol. The Kier molecular flexibility index (Phi) is 9.03. The van der Waals surface area contributed by atoms with Crippen molar-refractivity contribution in [3.05, 3.63) is 35.4 Å². The fraction of sp³-hybridized carbons (Fsp3) is 0.417. The molecule has 108 valence electrons. The molecule has 0 aliphatic rings. The van der Waals surface area contributed by atoms with Crippen molar-refractivity contribution in [2.24, 2.45) is 0 Å². The molecule has 1 aromatic carbocycles. The molecule has 4 nitrogen and oxygen atoms in total. The van der Waals surface area contributed by atoms with Gasteiger partial charge >= 0.3 is 0 Å². The molecule has 1 amide bonds. The number of rotatable bonds is 7. The average Bonchev–Trinajstić information content (AvgIpc) is 2.36. The van der Waals surface area contributed by atoms with Gasteiger partial charge in [0.1, 0.15) is 11.6 Å². The molecule has 19 heavy (non-hydrogen) atoms. The lowest BCUT2D eigenvalue weighted by atomic mass is 10.2. The van der Waals surface area contributed by atoms with E-state index in [0.29, 0.717) is 26.2 Å². The number of carbonyl (C=O) groups is 1. The molecule has 0 atom stereocenters. The maximum Gasteiger partial charge on any atom is 0.254 e. The van der Waals surface area contributed by atoms with E-state index in [-0.39, 0.29) is 18.0 Å². The second kappa shape index (κ2) is 9.66. The van der Waals surface area contributed by atoms with Crippen LogP contribution in [-0.2, 0) is 4.74 Å². The first-order chi connectivity index (χ1) is 8.65. The summed E-state index contributed by atoms with van der Waals surface area (Å²) in [4.78, 5) is 11.5. The number of nitrogens with one attached hydrogen (secondary N) is 2. The summed E-state index contributed by atoms with van der Waals surface area (Å²) < 4.78 is 30.9. The van der Waals surface area contributed by atoms with Crippen molar-refractivity contribution in [1.82, 2.24) is 10.6 Å². The highest BCUT2D eigenvalue weighted by molar-refractivity contribution is 5.94. The number of benzene rings is 1. The molecule has 0 spiro atoms. The number of halogens is 3. The molecule has 0 aliphatic heterocycles. The lowest BCUT2D eigenvalue weighted by Gasteiger charge is -2.07. The molecule has 0 heterocycles. The van der Waals surface area contributed by atoms with Crippen molar-refractivity contribution in [2.75, 3.05) is 33.4 Å². The van der Waals surface area contributed by atoms with Crippen LogP contribution in [0.2, 0.25) is 0 Å². The second-order valence-corrected chi connectivity index (χ2v) is 3.62. The zero-order chi connectivity index (χ0) is 13.4. The number of methoxy groups -OCH3 is 1. The van der Waals surface area contributed by atoms with E-state index in [1.165, 1.54) is 0 Å². The molecule has 0 aliphatic carbocycles. The van der Waals surface area contributed by atoms with E-state index in [2.05, 4.69) is 10.6 Å². The monoisotopic (exact) mass is 294 g/mol. The molecule has 7 heteroatoms. The summed E-state index contributed by atoms with van der Waals surface area (Å²) in [6.07, 6.45) is 0. The van der Waals surface area contributed by atoms with Crippen molar-refractivity contribution < 1.29 is 18.3 Å². The van der Waals surface area contributed by atoms with Crippen molar-refractivity contribution in [3.63, 3.8) is 0 Å².